The van der Waals surface area contributed by atoms with Gasteiger partial charge in [0.1, 0.15) is 11.6 Å². The van der Waals surface area contributed by atoms with E-state index in [2.05, 4.69) is 0 Å². The molecule has 0 unspecified atom stereocenters. The summed E-state index contributed by atoms with van der Waals surface area (Å²) < 4.78 is 0. The molecule has 3 nitrogen and oxygen atoms in total. The molecule has 0 aromatic heterocycles. The Morgan fingerprint density at radius 1 is 1.36 bits per heavy atom. The summed E-state index contributed by atoms with van der Waals surface area (Å²) in [6.45, 7) is 4.86. The molecule has 3 heteroatoms. The van der Waals surface area contributed by atoms with Crippen LogP contribution in [0.5, 0.6) is 0 Å². The van der Waals surface area contributed by atoms with Gasteiger partial charge in [0.05, 0.1) is 6.04 Å². The molecule has 2 atom stereocenters. The maximum absolute atomic E-state index is 11.0. The van der Waals surface area contributed by atoms with Crippen molar-refractivity contribution >= 4 is 11.6 Å². The summed E-state index contributed by atoms with van der Waals surface area (Å²) in [6, 6.07) is -0.447. The molecular formula is C8H15NO2. The fourth-order valence-electron chi connectivity index (χ4n) is 0.631. The lowest BCUT2D eigenvalue weighted by Crippen LogP contribution is -2.29. The minimum Gasteiger partial charge on any atom is -0.322 e. The van der Waals surface area contributed by atoms with Crippen LogP contribution in [0.1, 0.15) is 27.2 Å². The van der Waals surface area contributed by atoms with E-state index >= 15 is 0 Å². The van der Waals surface area contributed by atoms with E-state index in [9.17, 15) is 9.59 Å². The number of ketones is 2. The molecule has 0 aromatic rings. The van der Waals surface area contributed by atoms with Gasteiger partial charge in [-0.3, -0.25) is 9.59 Å². The number of carbonyl (C=O) groups is 2. The highest BCUT2D eigenvalue weighted by Crippen LogP contribution is 2.04. The number of nitrogens with two attached hydrogens (primary N) is 1. The van der Waals surface area contributed by atoms with Crippen molar-refractivity contribution in [3.63, 3.8) is 0 Å². The van der Waals surface area contributed by atoms with E-state index in [0.29, 0.717) is 0 Å². The quantitative estimate of drug-likeness (QED) is 0.647. The normalized spacial score (nSPS) is 15.6. The zero-order chi connectivity index (χ0) is 9.02. The Hall–Kier alpha value is -0.700. The van der Waals surface area contributed by atoms with Gasteiger partial charge in [0, 0.05) is 12.3 Å². The van der Waals surface area contributed by atoms with E-state index in [4.69, 9.17) is 5.73 Å². The number of carbonyl (C=O) groups excluding carboxylic acids is 2. The summed E-state index contributed by atoms with van der Waals surface area (Å²) in [7, 11) is 0. The largest absolute Gasteiger partial charge is 0.322 e. The van der Waals surface area contributed by atoms with Crippen LogP contribution in [0.15, 0.2) is 0 Å². The zero-order valence-electron chi connectivity index (χ0n) is 7.26. The SMILES string of the molecule is CC(=O)[C@H](C)CC(=O)[C@H](C)N. The van der Waals surface area contributed by atoms with Gasteiger partial charge in [0.2, 0.25) is 0 Å². The van der Waals surface area contributed by atoms with Crippen LogP contribution in [0.25, 0.3) is 0 Å². The standard InChI is InChI=1S/C8H15NO2/c1-5(7(3)10)4-8(11)6(2)9/h5-6H,4,9H2,1-3H3/t5-,6+/m1/s1. The zero-order valence-corrected chi connectivity index (χ0v) is 7.26. The van der Waals surface area contributed by atoms with Gasteiger partial charge in [-0.05, 0) is 13.8 Å². The van der Waals surface area contributed by atoms with Gasteiger partial charge in [-0.2, -0.15) is 0 Å². The Labute approximate surface area is 67.0 Å². The number of hydrogen-bond donors (Lipinski definition) is 1. The van der Waals surface area contributed by atoms with Crippen LogP contribution in [-0.2, 0) is 9.59 Å². The third-order valence-electron chi connectivity index (χ3n) is 1.71. The first-order valence-corrected chi connectivity index (χ1v) is 3.74. The van der Waals surface area contributed by atoms with E-state index < -0.39 is 6.04 Å². The summed E-state index contributed by atoms with van der Waals surface area (Å²) in [6.07, 6.45) is 0.271. The first-order valence-electron chi connectivity index (χ1n) is 3.74. The Kier molecular flexibility index (Phi) is 3.97. The molecule has 2 N–H and O–H groups in total. The molecule has 0 amide bonds. The first-order chi connectivity index (χ1) is 4.95. The third-order valence-corrected chi connectivity index (χ3v) is 1.71. The van der Waals surface area contributed by atoms with Crippen molar-refractivity contribution < 1.29 is 9.59 Å². The minimum atomic E-state index is -0.447. The van der Waals surface area contributed by atoms with Gasteiger partial charge in [0.15, 0.2) is 0 Å². The fourth-order valence-corrected chi connectivity index (χ4v) is 0.631. The molecule has 0 aliphatic carbocycles. The van der Waals surface area contributed by atoms with Crippen molar-refractivity contribution in [1.29, 1.82) is 0 Å². The third kappa shape index (κ3) is 3.88. The van der Waals surface area contributed by atoms with Crippen molar-refractivity contribution in [3.05, 3.63) is 0 Å². The summed E-state index contributed by atoms with van der Waals surface area (Å²) in [5, 5.41) is 0. The van der Waals surface area contributed by atoms with Gasteiger partial charge in [-0.15, -0.1) is 0 Å². The fraction of sp³-hybridized carbons (Fsp3) is 0.750. The molecule has 0 saturated carbocycles. The van der Waals surface area contributed by atoms with Crippen molar-refractivity contribution in [3.8, 4) is 0 Å². The molecule has 0 fully saturated rings. The van der Waals surface area contributed by atoms with Crippen molar-refractivity contribution in [2.45, 2.75) is 33.2 Å². The predicted octanol–water partition coefficient (Wildman–Crippen LogP) is 0.518. The topological polar surface area (TPSA) is 60.2 Å². The van der Waals surface area contributed by atoms with Gasteiger partial charge >= 0.3 is 0 Å². The van der Waals surface area contributed by atoms with Crippen LogP contribution in [0.2, 0.25) is 0 Å². The van der Waals surface area contributed by atoms with Crippen LogP contribution in [0.4, 0.5) is 0 Å². The molecule has 0 radical (unpaired) electrons. The summed E-state index contributed by atoms with van der Waals surface area (Å²) >= 11 is 0. The number of rotatable bonds is 4. The van der Waals surface area contributed by atoms with Crippen molar-refractivity contribution in [2.75, 3.05) is 0 Å². The Bertz CT molecular complexity index is 163. The number of hydrogen-bond acceptors (Lipinski definition) is 3. The lowest BCUT2D eigenvalue weighted by Gasteiger charge is -2.07. The molecular weight excluding hydrogens is 142 g/mol. The molecule has 64 valence electrons. The molecule has 0 aliphatic heterocycles. The van der Waals surface area contributed by atoms with Crippen LogP contribution in [0, 0.1) is 5.92 Å². The Morgan fingerprint density at radius 2 is 1.82 bits per heavy atom. The minimum absolute atomic E-state index is 0.0407. The van der Waals surface area contributed by atoms with E-state index in [1.807, 2.05) is 0 Å². The molecule has 0 rings (SSSR count). The summed E-state index contributed by atoms with van der Waals surface area (Å²) in [5.74, 6) is -0.194. The summed E-state index contributed by atoms with van der Waals surface area (Å²) in [4.78, 5) is 21.7. The number of Topliss-reactive ketones (excluding diaryl/α,β-unsaturated/α-hetero) is 2. The second-order valence-corrected chi connectivity index (χ2v) is 2.97. The maximum Gasteiger partial charge on any atom is 0.149 e. The molecule has 0 aromatic carbocycles. The van der Waals surface area contributed by atoms with E-state index in [1.165, 1.54) is 6.92 Å². The van der Waals surface area contributed by atoms with E-state index in [0.717, 1.165) is 0 Å². The van der Waals surface area contributed by atoms with Gasteiger partial charge in [-0.25, -0.2) is 0 Å². The van der Waals surface area contributed by atoms with Crippen molar-refractivity contribution in [1.82, 2.24) is 0 Å². The highest BCUT2D eigenvalue weighted by atomic mass is 16.1. The maximum atomic E-state index is 11.0. The summed E-state index contributed by atoms with van der Waals surface area (Å²) in [5.41, 5.74) is 5.32. The average molecular weight is 157 g/mol. The monoisotopic (exact) mass is 157 g/mol. The van der Waals surface area contributed by atoms with Crippen LogP contribution in [0.3, 0.4) is 0 Å². The predicted molar refractivity (Wildman–Crippen MR) is 43.1 cm³/mol. The molecule has 11 heavy (non-hydrogen) atoms. The highest BCUT2D eigenvalue weighted by Gasteiger charge is 2.15. The van der Waals surface area contributed by atoms with Crippen LogP contribution >= 0.6 is 0 Å². The van der Waals surface area contributed by atoms with E-state index in [1.54, 1.807) is 13.8 Å². The van der Waals surface area contributed by atoms with Gasteiger partial charge in [-0.1, -0.05) is 6.92 Å². The average Bonchev–Trinajstić information content (AvgIpc) is 1.87. The smallest absolute Gasteiger partial charge is 0.149 e. The second-order valence-electron chi connectivity index (χ2n) is 2.97. The van der Waals surface area contributed by atoms with Crippen LogP contribution < -0.4 is 5.73 Å². The highest BCUT2D eigenvalue weighted by molar-refractivity contribution is 5.89. The van der Waals surface area contributed by atoms with Gasteiger partial charge in [0.25, 0.3) is 0 Å². The molecule has 0 saturated heterocycles. The van der Waals surface area contributed by atoms with Crippen molar-refractivity contribution in [2.24, 2.45) is 11.7 Å². The second kappa shape index (κ2) is 4.23. The Morgan fingerprint density at radius 3 is 2.09 bits per heavy atom. The lowest BCUT2D eigenvalue weighted by atomic mass is 9.98. The molecule has 0 bridgehead atoms. The molecule has 0 heterocycles. The van der Waals surface area contributed by atoms with E-state index in [-0.39, 0.29) is 23.9 Å². The lowest BCUT2D eigenvalue weighted by molar-refractivity contribution is -0.126. The van der Waals surface area contributed by atoms with Gasteiger partial charge < -0.3 is 5.73 Å². The Balaban J connectivity index is 3.85. The first kappa shape index (κ1) is 10.3. The van der Waals surface area contributed by atoms with Crippen LogP contribution in [-0.4, -0.2) is 17.6 Å². The molecule has 0 aliphatic rings. The molecule has 0 spiro atoms.